The summed E-state index contributed by atoms with van der Waals surface area (Å²) in [4.78, 5) is 49.2. The van der Waals surface area contributed by atoms with Crippen LogP contribution < -0.4 is 14.8 Å². The molecule has 0 radical (unpaired) electrons. The number of hydrogen-bond acceptors (Lipinski definition) is 8. The number of ether oxygens (including phenoxy) is 3. The van der Waals surface area contributed by atoms with Crippen molar-refractivity contribution in [3.05, 3.63) is 23.8 Å². The van der Waals surface area contributed by atoms with Gasteiger partial charge in [-0.15, -0.1) is 0 Å². The number of esters is 3. The fourth-order valence-corrected chi connectivity index (χ4v) is 3.90. The maximum absolute atomic E-state index is 12.7. The maximum Gasteiger partial charge on any atom is 0.321 e. The maximum atomic E-state index is 12.7. The Bertz CT molecular complexity index is 947. The number of aliphatic carboxylic acids is 1. The van der Waals surface area contributed by atoms with Crippen LogP contribution in [-0.4, -0.2) is 47.7 Å². The lowest BCUT2D eigenvalue weighted by atomic mass is 10.0. The van der Waals surface area contributed by atoms with Gasteiger partial charge in [0.25, 0.3) is 0 Å². The Kier molecular flexibility index (Phi) is 15.4. The number of nitrogens with one attached hydrogen (secondary N) is 1. The Morgan fingerprint density at radius 1 is 0.872 bits per heavy atom. The predicted molar refractivity (Wildman–Crippen MR) is 149 cm³/mol. The van der Waals surface area contributed by atoms with E-state index in [0.717, 1.165) is 19.3 Å². The average Bonchev–Trinajstić information content (AvgIpc) is 2.87. The second-order valence-electron chi connectivity index (χ2n) is 10.5. The summed E-state index contributed by atoms with van der Waals surface area (Å²) in [6, 6.07) is 3.72. The highest BCUT2D eigenvalue weighted by molar-refractivity contribution is 5.78. The van der Waals surface area contributed by atoms with Gasteiger partial charge >= 0.3 is 23.9 Å². The summed E-state index contributed by atoms with van der Waals surface area (Å²) in [7, 11) is 0. The molecule has 0 heterocycles. The van der Waals surface area contributed by atoms with E-state index in [-0.39, 0.29) is 48.2 Å². The lowest BCUT2D eigenvalue weighted by Gasteiger charge is -2.20. The molecule has 0 saturated heterocycles. The van der Waals surface area contributed by atoms with Crippen molar-refractivity contribution in [3.63, 3.8) is 0 Å². The topological polar surface area (TPSA) is 128 Å². The molecule has 0 aliphatic heterocycles. The first-order chi connectivity index (χ1) is 18.4. The zero-order chi connectivity index (χ0) is 29.5. The van der Waals surface area contributed by atoms with E-state index in [1.807, 2.05) is 27.7 Å². The SMILES string of the molecule is CCCC(C)C(=O)Oc1ccc(C[C@H](NCC(C)OC(=O)CC(C)CC)C(=O)O)cc1OC(=O)C(C)CCC. The third kappa shape index (κ3) is 12.6. The van der Waals surface area contributed by atoms with Gasteiger partial charge < -0.3 is 24.6 Å². The molecule has 0 saturated carbocycles. The molecular weight excluding hydrogens is 502 g/mol. The number of hydrogen-bond donors (Lipinski definition) is 2. The van der Waals surface area contributed by atoms with Gasteiger partial charge in [-0.05, 0) is 49.8 Å². The molecule has 1 aromatic carbocycles. The minimum absolute atomic E-state index is 0.0679. The molecule has 2 N–H and O–H groups in total. The van der Waals surface area contributed by atoms with Crippen LogP contribution >= 0.6 is 0 Å². The van der Waals surface area contributed by atoms with E-state index in [9.17, 15) is 24.3 Å². The Morgan fingerprint density at radius 2 is 1.44 bits per heavy atom. The van der Waals surface area contributed by atoms with Gasteiger partial charge in [-0.3, -0.25) is 19.2 Å². The van der Waals surface area contributed by atoms with Crippen molar-refractivity contribution in [2.45, 2.75) is 106 Å². The molecule has 220 valence electrons. The van der Waals surface area contributed by atoms with Gasteiger partial charge in [-0.2, -0.15) is 0 Å². The summed E-state index contributed by atoms with van der Waals surface area (Å²) < 4.78 is 16.6. The van der Waals surface area contributed by atoms with Gasteiger partial charge in [-0.25, -0.2) is 0 Å². The van der Waals surface area contributed by atoms with Crippen LogP contribution in [0.3, 0.4) is 0 Å². The third-order valence-corrected chi connectivity index (χ3v) is 6.61. The summed E-state index contributed by atoms with van der Waals surface area (Å²) in [6.07, 6.45) is 3.69. The van der Waals surface area contributed by atoms with Gasteiger partial charge in [0.2, 0.25) is 0 Å². The molecule has 0 fully saturated rings. The van der Waals surface area contributed by atoms with E-state index in [1.165, 1.54) is 12.1 Å². The summed E-state index contributed by atoms with van der Waals surface area (Å²) in [5.74, 6) is -2.52. The van der Waals surface area contributed by atoms with Crippen molar-refractivity contribution in [2.75, 3.05) is 6.54 Å². The van der Waals surface area contributed by atoms with Crippen molar-refractivity contribution in [1.82, 2.24) is 5.32 Å². The summed E-state index contributed by atoms with van der Waals surface area (Å²) >= 11 is 0. The number of carboxylic acid groups (broad SMARTS) is 1. The molecule has 0 bridgehead atoms. The van der Waals surface area contributed by atoms with Gasteiger partial charge in [-0.1, -0.05) is 66.9 Å². The van der Waals surface area contributed by atoms with Crippen LogP contribution in [0.4, 0.5) is 0 Å². The van der Waals surface area contributed by atoms with Crippen LogP contribution in [0, 0.1) is 17.8 Å². The molecule has 1 rings (SSSR count). The first-order valence-electron chi connectivity index (χ1n) is 14.1. The van der Waals surface area contributed by atoms with Gasteiger partial charge in [0.15, 0.2) is 11.5 Å². The number of carbonyl (C=O) groups is 4. The summed E-state index contributed by atoms with van der Waals surface area (Å²) in [5.41, 5.74) is 0.573. The number of carboxylic acids is 1. The van der Waals surface area contributed by atoms with E-state index < -0.39 is 30.1 Å². The lowest BCUT2D eigenvalue weighted by molar-refractivity contribution is -0.149. The molecule has 0 amide bonds. The number of benzene rings is 1. The highest BCUT2D eigenvalue weighted by Crippen LogP contribution is 2.31. The van der Waals surface area contributed by atoms with Crippen LogP contribution in [0.2, 0.25) is 0 Å². The third-order valence-electron chi connectivity index (χ3n) is 6.61. The monoisotopic (exact) mass is 549 g/mol. The zero-order valence-electron chi connectivity index (χ0n) is 24.6. The predicted octanol–water partition coefficient (Wildman–Crippen LogP) is 5.32. The fraction of sp³-hybridized carbons (Fsp3) is 0.667. The first kappa shape index (κ1) is 34.1. The summed E-state index contributed by atoms with van der Waals surface area (Å²) in [6.45, 7) is 13.3. The average molecular weight is 550 g/mol. The molecule has 9 heteroatoms. The second-order valence-corrected chi connectivity index (χ2v) is 10.5. The Hall–Kier alpha value is -2.94. The van der Waals surface area contributed by atoms with E-state index in [2.05, 4.69) is 5.32 Å². The van der Waals surface area contributed by atoms with Crippen molar-refractivity contribution in [2.24, 2.45) is 17.8 Å². The fourth-order valence-electron chi connectivity index (χ4n) is 3.90. The zero-order valence-corrected chi connectivity index (χ0v) is 24.6. The van der Waals surface area contributed by atoms with Crippen LogP contribution in [0.15, 0.2) is 18.2 Å². The molecule has 4 unspecified atom stereocenters. The molecule has 1 aromatic rings. The summed E-state index contributed by atoms with van der Waals surface area (Å²) in [5, 5.41) is 12.7. The van der Waals surface area contributed by atoms with Crippen molar-refractivity contribution < 1.29 is 38.5 Å². The number of carbonyl (C=O) groups excluding carboxylic acids is 3. The van der Waals surface area contributed by atoms with E-state index >= 15 is 0 Å². The molecule has 0 spiro atoms. The van der Waals surface area contributed by atoms with E-state index in [4.69, 9.17) is 14.2 Å². The van der Waals surface area contributed by atoms with Crippen LogP contribution in [0.25, 0.3) is 0 Å². The molecule has 0 aromatic heterocycles. The van der Waals surface area contributed by atoms with E-state index in [0.29, 0.717) is 24.8 Å². The second kappa shape index (κ2) is 17.6. The largest absolute Gasteiger partial charge is 0.480 e. The Labute approximate surface area is 233 Å². The minimum Gasteiger partial charge on any atom is -0.480 e. The smallest absolute Gasteiger partial charge is 0.321 e. The molecular formula is C30H47NO8. The van der Waals surface area contributed by atoms with Crippen molar-refractivity contribution >= 4 is 23.9 Å². The lowest BCUT2D eigenvalue weighted by Crippen LogP contribution is -2.42. The quantitative estimate of drug-likeness (QED) is 0.185. The van der Waals surface area contributed by atoms with Crippen LogP contribution in [0.5, 0.6) is 11.5 Å². The Morgan fingerprint density at radius 3 is 1.95 bits per heavy atom. The molecule has 0 aliphatic rings. The van der Waals surface area contributed by atoms with Gasteiger partial charge in [0.05, 0.1) is 11.8 Å². The van der Waals surface area contributed by atoms with Crippen LogP contribution in [-0.2, 0) is 30.3 Å². The normalized spacial score (nSPS) is 14.9. The van der Waals surface area contributed by atoms with Crippen LogP contribution in [0.1, 0.15) is 92.6 Å². The first-order valence-corrected chi connectivity index (χ1v) is 14.1. The van der Waals surface area contributed by atoms with Gasteiger partial charge in [0, 0.05) is 13.0 Å². The number of rotatable bonds is 18. The molecule has 5 atom stereocenters. The minimum atomic E-state index is -1.08. The Balaban J connectivity index is 3.03. The standard InChI is InChI=1S/C30H47NO8/c1-8-11-20(5)29(35)38-25-14-13-23(17-26(25)39-30(36)21(6)12-9-2)16-24(28(33)34)31-18-22(7)37-27(32)15-19(4)10-3/h13-14,17,19-22,24,31H,8-12,15-16,18H2,1-7H3,(H,33,34)/t19?,20?,21?,22?,24-/m0/s1. The molecule has 9 nitrogen and oxygen atoms in total. The molecule has 0 aliphatic carbocycles. The van der Waals surface area contributed by atoms with Gasteiger partial charge in [0.1, 0.15) is 12.1 Å². The van der Waals surface area contributed by atoms with Crippen molar-refractivity contribution in [3.8, 4) is 11.5 Å². The molecule has 39 heavy (non-hydrogen) atoms. The highest BCUT2D eigenvalue weighted by Gasteiger charge is 2.24. The van der Waals surface area contributed by atoms with Crippen molar-refractivity contribution in [1.29, 1.82) is 0 Å². The van der Waals surface area contributed by atoms with E-state index in [1.54, 1.807) is 26.8 Å². The highest BCUT2D eigenvalue weighted by atomic mass is 16.6.